The Kier molecular flexibility index (Phi) is 1.64. The third-order valence-electron chi connectivity index (χ3n) is 1.16. The predicted molar refractivity (Wildman–Crippen MR) is 37.3 cm³/mol. The fraction of sp³-hybridized carbons (Fsp3) is 0. The molecule has 0 aliphatic rings. The van der Waals surface area contributed by atoms with E-state index in [4.69, 9.17) is 16.7 Å². The van der Waals surface area contributed by atoms with Gasteiger partial charge in [0.25, 0.3) is 0 Å². The Morgan fingerprint density at radius 3 is 2.60 bits per heavy atom. The second-order valence-corrected chi connectivity index (χ2v) is 1.81. The van der Waals surface area contributed by atoms with E-state index in [0.29, 0.717) is 0 Å². The van der Waals surface area contributed by atoms with Crippen LogP contribution in [0.3, 0.4) is 0 Å². The lowest BCUT2D eigenvalue weighted by Gasteiger charge is -2.02. The SMILES string of the molecule is NOc1cccc(N)c1O. The highest BCUT2D eigenvalue weighted by atomic mass is 16.6. The van der Waals surface area contributed by atoms with Gasteiger partial charge in [0.05, 0.1) is 5.69 Å². The summed E-state index contributed by atoms with van der Waals surface area (Å²) in [6.07, 6.45) is 0. The fourth-order valence-corrected chi connectivity index (χ4v) is 0.634. The number of nitrogens with two attached hydrogens (primary N) is 2. The highest BCUT2D eigenvalue weighted by Gasteiger charge is 2.02. The number of anilines is 1. The molecule has 4 nitrogen and oxygen atoms in total. The molecule has 1 aromatic carbocycles. The third-order valence-corrected chi connectivity index (χ3v) is 1.16. The van der Waals surface area contributed by atoms with E-state index in [9.17, 15) is 0 Å². The first kappa shape index (κ1) is 6.70. The minimum atomic E-state index is -0.120. The Bertz CT molecular complexity index is 237. The molecule has 5 N–H and O–H groups in total. The van der Waals surface area contributed by atoms with Gasteiger partial charge in [0, 0.05) is 0 Å². The molecule has 0 heterocycles. The monoisotopic (exact) mass is 140 g/mol. The molecule has 0 radical (unpaired) electrons. The molecule has 0 unspecified atom stereocenters. The summed E-state index contributed by atoms with van der Waals surface area (Å²) in [7, 11) is 0. The lowest BCUT2D eigenvalue weighted by Crippen LogP contribution is -2.02. The van der Waals surface area contributed by atoms with E-state index < -0.39 is 0 Å². The summed E-state index contributed by atoms with van der Waals surface area (Å²) in [4.78, 5) is 4.30. The predicted octanol–water partition coefficient (Wildman–Crippen LogP) is 0.227. The molecule has 1 aromatic rings. The van der Waals surface area contributed by atoms with E-state index in [0.717, 1.165) is 0 Å². The molecule has 0 saturated heterocycles. The lowest BCUT2D eigenvalue weighted by atomic mass is 10.3. The molecule has 0 fully saturated rings. The Hall–Kier alpha value is -1.42. The van der Waals surface area contributed by atoms with E-state index >= 15 is 0 Å². The van der Waals surface area contributed by atoms with Crippen LogP contribution in [0.2, 0.25) is 0 Å². The average Bonchev–Trinajstić information content (AvgIpc) is 1.95. The van der Waals surface area contributed by atoms with Gasteiger partial charge in [-0.2, -0.15) is 5.90 Å². The van der Waals surface area contributed by atoms with E-state index in [-0.39, 0.29) is 17.2 Å². The van der Waals surface area contributed by atoms with E-state index in [1.807, 2.05) is 0 Å². The van der Waals surface area contributed by atoms with Crippen molar-refractivity contribution in [2.75, 3.05) is 5.73 Å². The smallest absolute Gasteiger partial charge is 0.190 e. The van der Waals surface area contributed by atoms with Crippen LogP contribution in [-0.4, -0.2) is 5.11 Å². The molecule has 10 heavy (non-hydrogen) atoms. The summed E-state index contributed by atoms with van der Waals surface area (Å²) >= 11 is 0. The summed E-state index contributed by atoms with van der Waals surface area (Å²) in [5.74, 6) is 4.86. The third kappa shape index (κ3) is 0.964. The maximum Gasteiger partial charge on any atom is 0.190 e. The molecule has 0 aliphatic carbocycles. The number of hydrogen-bond donors (Lipinski definition) is 3. The molecular formula is C6H8N2O2. The van der Waals surface area contributed by atoms with E-state index in [1.165, 1.54) is 6.07 Å². The highest BCUT2D eigenvalue weighted by Crippen LogP contribution is 2.30. The molecule has 0 aliphatic heterocycles. The molecule has 0 atom stereocenters. The van der Waals surface area contributed by atoms with Crippen molar-refractivity contribution in [1.82, 2.24) is 0 Å². The maximum atomic E-state index is 9.07. The van der Waals surface area contributed by atoms with Gasteiger partial charge in [0.15, 0.2) is 11.5 Å². The normalized spacial score (nSPS) is 9.30. The van der Waals surface area contributed by atoms with E-state index in [2.05, 4.69) is 4.84 Å². The van der Waals surface area contributed by atoms with Crippen molar-refractivity contribution in [3.8, 4) is 11.5 Å². The van der Waals surface area contributed by atoms with E-state index in [1.54, 1.807) is 12.1 Å². The Morgan fingerprint density at radius 2 is 2.10 bits per heavy atom. The molecule has 0 amide bonds. The van der Waals surface area contributed by atoms with Gasteiger partial charge >= 0.3 is 0 Å². The number of hydrogen-bond acceptors (Lipinski definition) is 4. The first-order valence-electron chi connectivity index (χ1n) is 2.70. The minimum Gasteiger partial charge on any atom is -0.503 e. The summed E-state index contributed by atoms with van der Waals surface area (Å²) in [6.45, 7) is 0. The number of phenols is 1. The molecule has 0 spiro atoms. The first-order valence-corrected chi connectivity index (χ1v) is 2.70. The Balaban J connectivity index is 3.14. The highest BCUT2D eigenvalue weighted by molar-refractivity contribution is 5.58. The van der Waals surface area contributed by atoms with Crippen LogP contribution in [-0.2, 0) is 0 Å². The van der Waals surface area contributed by atoms with Crippen LogP contribution in [0.25, 0.3) is 0 Å². The Labute approximate surface area is 58.0 Å². The van der Waals surface area contributed by atoms with Crippen molar-refractivity contribution in [3.05, 3.63) is 18.2 Å². The summed E-state index contributed by atoms with van der Waals surface area (Å²) in [6, 6.07) is 4.71. The van der Waals surface area contributed by atoms with Gasteiger partial charge in [0.1, 0.15) is 0 Å². The van der Waals surface area contributed by atoms with Crippen LogP contribution in [0.5, 0.6) is 11.5 Å². The minimum absolute atomic E-state index is 0.120. The molecular weight excluding hydrogens is 132 g/mol. The average molecular weight is 140 g/mol. The maximum absolute atomic E-state index is 9.07. The second kappa shape index (κ2) is 2.45. The van der Waals surface area contributed by atoms with Gasteiger partial charge in [-0.05, 0) is 12.1 Å². The van der Waals surface area contributed by atoms with Crippen molar-refractivity contribution in [2.24, 2.45) is 5.90 Å². The van der Waals surface area contributed by atoms with Crippen LogP contribution in [0.4, 0.5) is 5.69 Å². The van der Waals surface area contributed by atoms with Crippen LogP contribution >= 0.6 is 0 Å². The lowest BCUT2D eigenvalue weighted by molar-refractivity contribution is 0.313. The van der Waals surface area contributed by atoms with Gasteiger partial charge in [-0.1, -0.05) is 6.07 Å². The molecule has 0 bridgehead atoms. The summed E-state index contributed by atoms with van der Waals surface area (Å²) < 4.78 is 0. The van der Waals surface area contributed by atoms with Gasteiger partial charge in [-0.3, -0.25) is 0 Å². The second-order valence-electron chi connectivity index (χ2n) is 1.81. The number of nitrogen functional groups attached to an aromatic ring is 1. The standard InChI is InChI=1S/C6H8N2O2/c7-4-2-1-3-5(10-8)6(4)9/h1-3,9H,7-8H2. The van der Waals surface area contributed by atoms with Gasteiger partial charge in [-0.25, -0.2) is 0 Å². The zero-order valence-corrected chi connectivity index (χ0v) is 5.24. The van der Waals surface area contributed by atoms with Crippen LogP contribution in [0.1, 0.15) is 0 Å². The van der Waals surface area contributed by atoms with Gasteiger partial charge < -0.3 is 15.7 Å². The summed E-state index contributed by atoms with van der Waals surface area (Å²) in [5, 5.41) is 9.07. The van der Waals surface area contributed by atoms with Crippen molar-refractivity contribution in [2.45, 2.75) is 0 Å². The van der Waals surface area contributed by atoms with Crippen LogP contribution in [0.15, 0.2) is 18.2 Å². The summed E-state index contributed by atoms with van der Waals surface area (Å²) in [5.41, 5.74) is 5.56. The molecule has 4 heteroatoms. The zero-order valence-electron chi connectivity index (χ0n) is 5.24. The quantitative estimate of drug-likeness (QED) is 0.296. The number of aromatic hydroxyl groups is 1. The van der Waals surface area contributed by atoms with Crippen molar-refractivity contribution in [3.63, 3.8) is 0 Å². The largest absolute Gasteiger partial charge is 0.503 e. The molecule has 1 rings (SSSR count). The fourth-order valence-electron chi connectivity index (χ4n) is 0.634. The zero-order chi connectivity index (χ0) is 7.56. The van der Waals surface area contributed by atoms with Crippen LogP contribution < -0.4 is 16.5 Å². The molecule has 54 valence electrons. The number of benzene rings is 1. The number of rotatable bonds is 1. The van der Waals surface area contributed by atoms with Crippen molar-refractivity contribution in [1.29, 1.82) is 0 Å². The van der Waals surface area contributed by atoms with Crippen LogP contribution in [0, 0.1) is 0 Å². The first-order chi connectivity index (χ1) is 4.75. The molecule has 0 saturated carbocycles. The van der Waals surface area contributed by atoms with Crippen molar-refractivity contribution < 1.29 is 9.94 Å². The Morgan fingerprint density at radius 1 is 1.40 bits per heavy atom. The van der Waals surface area contributed by atoms with Gasteiger partial charge in [0.2, 0.25) is 0 Å². The van der Waals surface area contributed by atoms with Crippen molar-refractivity contribution >= 4 is 5.69 Å². The number of para-hydroxylation sites is 1. The molecule has 0 aromatic heterocycles. The van der Waals surface area contributed by atoms with Gasteiger partial charge in [-0.15, -0.1) is 0 Å². The topological polar surface area (TPSA) is 81.5 Å². The number of phenolic OH excluding ortho intramolecular Hbond substituents is 1.